The molecule has 0 spiro atoms. The van der Waals surface area contributed by atoms with Crippen LogP contribution in [-0.4, -0.2) is 17.3 Å². The number of nitrogens with zero attached hydrogens (tertiary/aromatic N) is 2. The van der Waals surface area contributed by atoms with Gasteiger partial charge in [0.1, 0.15) is 18.1 Å². The molecule has 2 aliphatic heterocycles. The smallest absolute Gasteiger partial charge is 0.213 e. The van der Waals surface area contributed by atoms with Crippen LogP contribution in [0.3, 0.4) is 0 Å². The molecule has 2 aliphatic rings. The van der Waals surface area contributed by atoms with Gasteiger partial charge in [-0.2, -0.15) is 5.10 Å². The van der Waals surface area contributed by atoms with E-state index in [2.05, 4.69) is 57.8 Å². The Labute approximate surface area is 184 Å². The Bertz CT molecular complexity index is 1100. The van der Waals surface area contributed by atoms with Crippen molar-refractivity contribution in [2.75, 3.05) is 6.61 Å². The lowest BCUT2D eigenvalue weighted by atomic mass is 9.96. The van der Waals surface area contributed by atoms with Crippen LogP contribution in [0.2, 0.25) is 0 Å². The molecule has 0 aromatic heterocycles. The highest BCUT2D eigenvalue weighted by molar-refractivity contribution is 9.10. The summed E-state index contributed by atoms with van der Waals surface area (Å²) in [5.41, 5.74) is 4.39. The van der Waals surface area contributed by atoms with Crippen molar-refractivity contribution in [3.05, 3.63) is 107 Å². The van der Waals surface area contributed by atoms with Crippen LogP contribution in [-0.2, 0) is 0 Å². The molecule has 2 heterocycles. The molecule has 0 amide bonds. The van der Waals surface area contributed by atoms with Gasteiger partial charge in [0.15, 0.2) is 0 Å². The molecule has 30 heavy (non-hydrogen) atoms. The molecule has 0 bridgehead atoms. The van der Waals surface area contributed by atoms with Crippen LogP contribution in [0.4, 0.5) is 0 Å². The summed E-state index contributed by atoms with van der Waals surface area (Å²) in [6, 6.07) is 24.7. The number of hydrogen-bond donors (Lipinski definition) is 0. The van der Waals surface area contributed by atoms with Crippen molar-refractivity contribution in [2.24, 2.45) is 5.10 Å². The van der Waals surface area contributed by atoms with Gasteiger partial charge in [0, 0.05) is 22.0 Å². The van der Waals surface area contributed by atoms with E-state index < -0.39 is 0 Å². The Morgan fingerprint density at radius 2 is 1.90 bits per heavy atom. The number of fused-ring (bicyclic) bond motifs is 3. The van der Waals surface area contributed by atoms with Gasteiger partial charge < -0.3 is 9.47 Å². The van der Waals surface area contributed by atoms with Gasteiger partial charge in [-0.05, 0) is 48.0 Å². The molecule has 5 heteroatoms. The fraction of sp³-hybridized carbons (Fsp3) is 0.160. The zero-order valence-electron chi connectivity index (χ0n) is 16.4. The first kappa shape index (κ1) is 18.9. The second-order valence-electron chi connectivity index (χ2n) is 7.33. The summed E-state index contributed by atoms with van der Waals surface area (Å²) in [5.74, 6) is 1.74. The third kappa shape index (κ3) is 3.50. The number of rotatable bonds is 5. The highest BCUT2D eigenvalue weighted by Gasteiger charge is 2.41. The van der Waals surface area contributed by atoms with Crippen molar-refractivity contribution in [3.8, 4) is 11.5 Å². The van der Waals surface area contributed by atoms with Gasteiger partial charge in [-0.15, -0.1) is 0 Å². The molecule has 0 fully saturated rings. The van der Waals surface area contributed by atoms with Gasteiger partial charge in [-0.1, -0.05) is 58.9 Å². The number of benzene rings is 3. The van der Waals surface area contributed by atoms with E-state index in [-0.39, 0.29) is 12.3 Å². The standard InChI is InChI=1S/C25H21BrN2O2/c1-2-14-29-20-11-8-17(9-12-20)22-16-23-21-15-19(26)10-13-24(21)30-25(28(23)27-22)18-6-4-3-5-7-18/h2-13,15,23,25H,1,14,16H2. The van der Waals surface area contributed by atoms with Crippen LogP contribution >= 0.6 is 15.9 Å². The summed E-state index contributed by atoms with van der Waals surface area (Å²) in [6.45, 7) is 4.19. The minimum Gasteiger partial charge on any atom is -0.490 e. The highest BCUT2D eigenvalue weighted by Crippen LogP contribution is 2.48. The summed E-state index contributed by atoms with van der Waals surface area (Å²) in [7, 11) is 0. The zero-order chi connectivity index (χ0) is 20.5. The Morgan fingerprint density at radius 3 is 2.67 bits per heavy atom. The Balaban J connectivity index is 1.51. The van der Waals surface area contributed by atoms with Crippen LogP contribution in [0.5, 0.6) is 11.5 Å². The lowest BCUT2D eigenvalue weighted by molar-refractivity contribution is -0.0190. The molecular weight excluding hydrogens is 440 g/mol. The van der Waals surface area contributed by atoms with Gasteiger partial charge >= 0.3 is 0 Å². The first-order valence-corrected chi connectivity index (χ1v) is 10.7. The Hall–Kier alpha value is -3.05. The summed E-state index contributed by atoms with van der Waals surface area (Å²) in [5, 5.41) is 7.11. The van der Waals surface area contributed by atoms with E-state index in [1.54, 1.807) is 6.08 Å². The predicted octanol–water partition coefficient (Wildman–Crippen LogP) is 6.26. The van der Waals surface area contributed by atoms with Gasteiger partial charge in [-0.3, -0.25) is 0 Å². The van der Waals surface area contributed by atoms with Gasteiger partial charge in [0.25, 0.3) is 0 Å². The summed E-state index contributed by atoms with van der Waals surface area (Å²) in [6.07, 6.45) is 2.31. The number of halogens is 1. The lowest BCUT2D eigenvalue weighted by Gasteiger charge is -2.38. The van der Waals surface area contributed by atoms with E-state index in [4.69, 9.17) is 14.6 Å². The van der Waals surface area contributed by atoms with Crippen molar-refractivity contribution < 1.29 is 9.47 Å². The monoisotopic (exact) mass is 460 g/mol. The van der Waals surface area contributed by atoms with E-state index in [9.17, 15) is 0 Å². The molecule has 2 unspecified atom stereocenters. The van der Waals surface area contributed by atoms with Gasteiger partial charge in [0.2, 0.25) is 6.23 Å². The lowest BCUT2D eigenvalue weighted by Crippen LogP contribution is -2.33. The van der Waals surface area contributed by atoms with Crippen LogP contribution in [0.15, 0.2) is 95.0 Å². The van der Waals surface area contributed by atoms with Crippen molar-refractivity contribution in [2.45, 2.75) is 18.7 Å². The topological polar surface area (TPSA) is 34.1 Å². The molecule has 3 aromatic carbocycles. The van der Waals surface area contributed by atoms with Gasteiger partial charge in [-0.25, -0.2) is 5.01 Å². The van der Waals surface area contributed by atoms with Crippen LogP contribution in [0.25, 0.3) is 0 Å². The van der Waals surface area contributed by atoms with E-state index in [1.807, 2.05) is 42.5 Å². The first-order valence-electron chi connectivity index (χ1n) is 9.94. The molecule has 5 rings (SSSR count). The van der Waals surface area contributed by atoms with E-state index in [0.29, 0.717) is 6.61 Å². The largest absolute Gasteiger partial charge is 0.490 e. The van der Waals surface area contributed by atoms with Crippen LogP contribution < -0.4 is 9.47 Å². The molecule has 3 aromatic rings. The van der Waals surface area contributed by atoms with Crippen molar-refractivity contribution in [3.63, 3.8) is 0 Å². The van der Waals surface area contributed by atoms with Crippen LogP contribution in [0.1, 0.15) is 35.4 Å². The predicted molar refractivity (Wildman–Crippen MR) is 122 cm³/mol. The van der Waals surface area contributed by atoms with Crippen molar-refractivity contribution in [1.82, 2.24) is 5.01 Å². The van der Waals surface area contributed by atoms with Gasteiger partial charge in [0.05, 0.1) is 11.8 Å². The summed E-state index contributed by atoms with van der Waals surface area (Å²) in [4.78, 5) is 0. The van der Waals surface area contributed by atoms with Crippen LogP contribution in [0, 0.1) is 0 Å². The second-order valence-corrected chi connectivity index (χ2v) is 8.25. The van der Waals surface area contributed by atoms with Crippen molar-refractivity contribution >= 4 is 21.6 Å². The SMILES string of the molecule is C=CCOc1ccc(C2=NN3C(C2)c2cc(Br)ccc2OC3c2ccccc2)cc1. The minimum atomic E-state index is -0.252. The molecule has 4 nitrogen and oxygen atoms in total. The summed E-state index contributed by atoms with van der Waals surface area (Å²) < 4.78 is 13.1. The first-order chi connectivity index (χ1) is 14.7. The molecule has 0 aliphatic carbocycles. The summed E-state index contributed by atoms with van der Waals surface area (Å²) >= 11 is 3.60. The zero-order valence-corrected chi connectivity index (χ0v) is 18.0. The van der Waals surface area contributed by atoms with Crippen molar-refractivity contribution in [1.29, 1.82) is 0 Å². The number of ether oxygens (including phenoxy) is 2. The third-order valence-electron chi connectivity index (χ3n) is 5.39. The van der Waals surface area contributed by atoms with E-state index in [0.717, 1.165) is 44.8 Å². The molecule has 0 radical (unpaired) electrons. The highest BCUT2D eigenvalue weighted by atomic mass is 79.9. The minimum absolute atomic E-state index is 0.128. The van der Waals surface area contributed by atoms with E-state index >= 15 is 0 Å². The fourth-order valence-electron chi connectivity index (χ4n) is 3.97. The molecule has 0 saturated carbocycles. The molecule has 0 N–H and O–H groups in total. The maximum Gasteiger partial charge on any atom is 0.213 e. The fourth-order valence-corrected chi connectivity index (χ4v) is 4.35. The quantitative estimate of drug-likeness (QED) is 0.421. The second kappa shape index (κ2) is 8.00. The average molecular weight is 461 g/mol. The Morgan fingerprint density at radius 1 is 1.10 bits per heavy atom. The normalized spacial score (nSPS) is 19.4. The number of hydrazone groups is 1. The maximum atomic E-state index is 6.40. The molecule has 150 valence electrons. The maximum absolute atomic E-state index is 6.40. The Kier molecular flexibility index (Phi) is 5.05. The molecule has 0 saturated heterocycles. The average Bonchev–Trinajstić information content (AvgIpc) is 3.24. The third-order valence-corrected chi connectivity index (χ3v) is 5.89. The number of hydrogen-bond acceptors (Lipinski definition) is 4. The molecular formula is C25H21BrN2O2. The van der Waals surface area contributed by atoms with E-state index in [1.165, 1.54) is 0 Å². The molecule has 2 atom stereocenters.